The number of carbonyl (C=O) groups excluding carboxylic acids is 1. The van der Waals surface area contributed by atoms with E-state index in [1.165, 1.54) is 5.57 Å². The van der Waals surface area contributed by atoms with Crippen LogP contribution >= 0.6 is 0 Å². The largest absolute Gasteiger partial charge is 0.355 e. The molecule has 0 unspecified atom stereocenters. The summed E-state index contributed by atoms with van der Waals surface area (Å²) in [7, 11) is 0. The van der Waals surface area contributed by atoms with Crippen molar-refractivity contribution in [3.8, 4) is 0 Å². The highest BCUT2D eigenvalue weighted by molar-refractivity contribution is 5.47. The zero-order valence-electron chi connectivity index (χ0n) is 5.84. The normalized spacial score (nSPS) is 16.2. The zero-order valence-corrected chi connectivity index (χ0v) is 5.84. The maximum atomic E-state index is 9.89. The first kappa shape index (κ1) is 7.06. The second kappa shape index (κ2) is 3.88. The molecular weight excluding hydrogens is 126 g/mol. The number of allylic oxidation sites excluding steroid dienone is 2. The molecule has 0 saturated heterocycles. The van der Waals surface area contributed by atoms with Crippen LogP contribution < -0.4 is 5.32 Å². The van der Waals surface area contributed by atoms with Crippen molar-refractivity contribution in [2.24, 2.45) is 0 Å². The number of hydrogen-bond donors (Lipinski definition) is 1. The van der Waals surface area contributed by atoms with E-state index < -0.39 is 0 Å². The first-order valence-electron chi connectivity index (χ1n) is 3.46. The Morgan fingerprint density at radius 1 is 1.60 bits per heavy atom. The molecule has 0 bridgehead atoms. The van der Waals surface area contributed by atoms with E-state index >= 15 is 0 Å². The Labute approximate surface area is 60.6 Å². The lowest BCUT2D eigenvalue weighted by atomic mass is 10.1. The Morgan fingerprint density at radius 3 is 3.10 bits per heavy atom. The van der Waals surface area contributed by atoms with Crippen molar-refractivity contribution >= 4 is 6.41 Å². The summed E-state index contributed by atoms with van der Waals surface area (Å²) in [6, 6.07) is 0. The quantitative estimate of drug-likeness (QED) is 0.578. The van der Waals surface area contributed by atoms with Gasteiger partial charge in [0.15, 0.2) is 0 Å². The Bertz CT molecular complexity index is 170. The number of carbonyl (C=O) groups is 1. The van der Waals surface area contributed by atoms with Gasteiger partial charge in [0.25, 0.3) is 0 Å². The molecule has 1 N–H and O–H groups in total. The van der Waals surface area contributed by atoms with Gasteiger partial charge in [-0.1, -0.05) is 18.2 Å². The summed E-state index contributed by atoms with van der Waals surface area (Å²) < 4.78 is 0. The molecule has 0 aliphatic heterocycles. The molecule has 0 atom stereocenters. The predicted molar refractivity (Wildman–Crippen MR) is 40.5 cm³/mol. The van der Waals surface area contributed by atoms with E-state index in [0.29, 0.717) is 6.54 Å². The van der Waals surface area contributed by atoms with Crippen molar-refractivity contribution < 1.29 is 4.79 Å². The summed E-state index contributed by atoms with van der Waals surface area (Å²) in [5.74, 6) is 0. The van der Waals surface area contributed by atoms with Gasteiger partial charge in [0.1, 0.15) is 0 Å². The third-order valence-electron chi connectivity index (χ3n) is 1.46. The molecule has 1 amide bonds. The zero-order chi connectivity index (χ0) is 7.23. The summed E-state index contributed by atoms with van der Waals surface area (Å²) in [4.78, 5) is 9.89. The molecule has 0 heterocycles. The molecule has 2 nitrogen and oxygen atoms in total. The topological polar surface area (TPSA) is 29.1 Å². The number of hydrogen-bond acceptors (Lipinski definition) is 1. The molecule has 1 rings (SSSR count). The van der Waals surface area contributed by atoms with E-state index in [2.05, 4.69) is 23.5 Å². The van der Waals surface area contributed by atoms with Gasteiger partial charge in [-0.15, -0.1) is 0 Å². The second-order valence-corrected chi connectivity index (χ2v) is 2.26. The molecule has 0 saturated carbocycles. The fourth-order valence-corrected chi connectivity index (χ4v) is 0.958. The number of nitrogens with one attached hydrogen (secondary N) is 1. The molecule has 0 radical (unpaired) electrons. The molecule has 10 heavy (non-hydrogen) atoms. The van der Waals surface area contributed by atoms with Crippen molar-refractivity contribution in [3.63, 3.8) is 0 Å². The molecule has 0 fully saturated rings. The third kappa shape index (κ3) is 2.05. The predicted octanol–water partition coefficient (Wildman–Crippen LogP) is 1.01. The highest BCUT2D eigenvalue weighted by Gasteiger charge is 1.94. The van der Waals surface area contributed by atoms with E-state index in [9.17, 15) is 4.79 Å². The Hall–Kier alpha value is -1.05. The molecular formula is C8H11NO. The highest BCUT2D eigenvalue weighted by atomic mass is 16.1. The summed E-state index contributed by atoms with van der Waals surface area (Å²) >= 11 is 0. The van der Waals surface area contributed by atoms with Crippen LogP contribution in [-0.2, 0) is 4.79 Å². The van der Waals surface area contributed by atoms with Crippen LogP contribution in [0.4, 0.5) is 0 Å². The highest BCUT2D eigenvalue weighted by Crippen LogP contribution is 2.07. The molecule has 0 aromatic heterocycles. The van der Waals surface area contributed by atoms with E-state index in [0.717, 1.165) is 19.3 Å². The van der Waals surface area contributed by atoms with Crippen LogP contribution in [0.25, 0.3) is 0 Å². The first-order valence-corrected chi connectivity index (χ1v) is 3.46. The molecule has 54 valence electrons. The van der Waals surface area contributed by atoms with E-state index in [1.54, 1.807) is 0 Å². The molecule has 0 spiro atoms. The molecule has 1 aliphatic carbocycles. The van der Waals surface area contributed by atoms with Crippen LogP contribution in [0.2, 0.25) is 0 Å². The van der Waals surface area contributed by atoms with Gasteiger partial charge in [0.2, 0.25) is 6.41 Å². The fraction of sp³-hybridized carbons (Fsp3) is 0.375. The van der Waals surface area contributed by atoms with Crippen molar-refractivity contribution in [1.29, 1.82) is 0 Å². The summed E-state index contributed by atoms with van der Waals surface area (Å²) in [6.07, 6.45) is 9.29. The van der Waals surface area contributed by atoms with E-state index in [-0.39, 0.29) is 0 Å². The fourth-order valence-electron chi connectivity index (χ4n) is 0.958. The van der Waals surface area contributed by atoms with Gasteiger partial charge in [-0.2, -0.15) is 0 Å². The van der Waals surface area contributed by atoms with Gasteiger partial charge in [0, 0.05) is 6.54 Å². The number of rotatable bonds is 3. The van der Waals surface area contributed by atoms with Crippen LogP contribution in [0.15, 0.2) is 23.8 Å². The average molecular weight is 137 g/mol. The lowest BCUT2D eigenvalue weighted by Gasteiger charge is -2.04. The van der Waals surface area contributed by atoms with Crippen molar-refractivity contribution in [2.75, 3.05) is 6.54 Å². The summed E-state index contributed by atoms with van der Waals surface area (Å²) in [5.41, 5.74) is 1.21. The smallest absolute Gasteiger partial charge is 0.207 e. The van der Waals surface area contributed by atoms with Gasteiger partial charge < -0.3 is 5.32 Å². The molecule has 0 aromatic rings. The molecule has 2 heteroatoms. The molecule has 1 aliphatic rings. The minimum Gasteiger partial charge on any atom is -0.355 e. The van der Waals surface area contributed by atoms with Crippen LogP contribution in [0, 0.1) is 0 Å². The van der Waals surface area contributed by atoms with Crippen molar-refractivity contribution in [2.45, 2.75) is 12.8 Å². The first-order chi connectivity index (χ1) is 4.93. The maximum Gasteiger partial charge on any atom is 0.207 e. The van der Waals surface area contributed by atoms with Crippen molar-refractivity contribution in [3.05, 3.63) is 23.8 Å². The van der Waals surface area contributed by atoms with Gasteiger partial charge in [-0.05, 0) is 18.4 Å². The lowest BCUT2D eigenvalue weighted by molar-refractivity contribution is -0.109. The van der Waals surface area contributed by atoms with Gasteiger partial charge in [-0.25, -0.2) is 0 Å². The van der Waals surface area contributed by atoms with Crippen LogP contribution in [0.5, 0.6) is 0 Å². The Kier molecular flexibility index (Phi) is 2.74. The van der Waals surface area contributed by atoms with Gasteiger partial charge in [-0.3, -0.25) is 4.79 Å². The summed E-state index contributed by atoms with van der Waals surface area (Å²) in [5, 5.41) is 2.62. The second-order valence-electron chi connectivity index (χ2n) is 2.26. The van der Waals surface area contributed by atoms with Gasteiger partial charge in [0.05, 0.1) is 0 Å². The number of amides is 1. The minimum atomic E-state index is 0.667. The average Bonchev–Trinajstić information content (AvgIpc) is 2.03. The van der Waals surface area contributed by atoms with E-state index in [1.807, 2.05) is 0 Å². The third-order valence-corrected chi connectivity index (χ3v) is 1.46. The Morgan fingerprint density at radius 2 is 2.50 bits per heavy atom. The van der Waals surface area contributed by atoms with Crippen LogP contribution in [0.3, 0.4) is 0 Å². The lowest BCUT2D eigenvalue weighted by Crippen LogP contribution is -2.13. The Balaban J connectivity index is 2.32. The van der Waals surface area contributed by atoms with Crippen molar-refractivity contribution in [1.82, 2.24) is 5.32 Å². The SMILES string of the molecule is O=CNCC1=CCCC=C1. The minimum absolute atomic E-state index is 0.667. The van der Waals surface area contributed by atoms with Crippen LogP contribution in [0.1, 0.15) is 12.8 Å². The standard InChI is InChI=1S/C8H11NO/c10-7-9-6-8-4-2-1-3-5-8/h2,4-5,7H,1,3,6H2,(H,9,10). The monoisotopic (exact) mass is 137 g/mol. The summed E-state index contributed by atoms with van der Waals surface area (Å²) in [6.45, 7) is 0.667. The molecule has 0 aromatic carbocycles. The van der Waals surface area contributed by atoms with E-state index in [4.69, 9.17) is 0 Å². The maximum absolute atomic E-state index is 9.89. The van der Waals surface area contributed by atoms with Gasteiger partial charge >= 0.3 is 0 Å². The van der Waals surface area contributed by atoms with Crippen LogP contribution in [-0.4, -0.2) is 13.0 Å².